The molecule has 0 aliphatic heterocycles. The van der Waals surface area contributed by atoms with E-state index in [1.165, 1.54) is 12.1 Å². The smallest absolute Gasteiger partial charge is 0.335 e. The third-order valence-electron chi connectivity index (χ3n) is 8.87. The number of unbranched alkanes of at least 4 members (excludes halogenated alkanes) is 1. The van der Waals surface area contributed by atoms with Crippen molar-refractivity contribution < 1.29 is 24.3 Å². The summed E-state index contributed by atoms with van der Waals surface area (Å²) in [4.78, 5) is 59.9. The number of hydrogen-bond donors (Lipinski definition) is 4. The van der Waals surface area contributed by atoms with Crippen LogP contribution in [0, 0.1) is 20.8 Å². The lowest BCUT2D eigenvalue weighted by Crippen LogP contribution is -2.21. The largest absolute Gasteiger partial charge is 0.478 e. The molecule has 16 nitrogen and oxygen atoms in total. The van der Waals surface area contributed by atoms with E-state index in [1.807, 2.05) is 43.8 Å². The third kappa shape index (κ3) is 6.67. The summed E-state index contributed by atoms with van der Waals surface area (Å²) >= 11 is 0. The molecule has 0 fully saturated rings. The van der Waals surface area contributed by atoms with Gasteiger partial charge < -0.3 is 20.0 Å². The number of fused-ring (bicyclic) bond motifs is 2. The van der Waals surface area contributed by atoms with Gasteiger partial charge in [-0.25, -0.2) is 14.8 Å². The second-order valence-corrected chi connectivity index (χ2v) is 12.2. The van der Waals surface area contributed by atoms with Gasteiger partial charge in [0.1, 0.15) is 11.4 Å². The minimum Gasteiger partial charge on any atom is -0.478 e. The Balaban J connectivity index is 1.28. The number of carbonyl (C=O) groups excluding carboxylic acids is 3. The molecule has 0 unspecified atom stereocenters. The molecule has 6 aromatic rings. The molecule has 0 saturated carbocycles. The highest BCUT2D eigenvalue weighted by Crippen LogP contribution is 2.26. The number of carboxylic acids is 1. The van der Waals surface area contributed by atoms with Crippen molar-refractivity contribution in [1.29, 1.82) is 0 Å². The van der Waals surface area contributed by atoms with Gasteiger partial charge in [-0.2, -0.15) is 10.2 Å². The number of hydrogen-bond acceptors (Lipinski definition) is 8. The summed E-state index contributed by atoms with van der Waals surface area (Å²) in [6.07, 6.45) is 1.22. The molecular weight excluding hydrogens is 654 g/mol. The molecule has 3 amide bonds. The van der Waals surface area contributed by atoms with E-state index in [2.05, 4.69) is 30.8 Å². The Bertz CT molecular complexity index is 2340. The number of imidazole rings is 2. The van der Waals surface area contributed by atoms with Gasteiger partial charge in [0.15, 0.2) is 0 Å². The number of amides is 3. The Morgan fingerprint density at radius 1 is 0.745 bits per heavy atom. The van der Waals surface area contributed by atoms with Crippen LogP contribution >= 0.6 is 0 Å². The number of benzene rings is 2. The quantitative estimate of drug-likeness (QED) is 0.125. The van der Waals surface area contributed by atoms with Crippen LogP contribution in [0.4, 0.5) is 11.9 Å². The molecule has 4 heterocycles. The number of aromatic carboxylic acids is 1. The SMILES string of the molecule is CCn1nc(C)cc1C(=O)Nc1nc2cc(C(N)=O)ccc2n1CCCCn1c(NC(=O)c2c(C)c(C)nn2CC)nc2cc(C(=O)O)ccc21. The van der Waals surface area contributed by atoms with E-state index in [0.717, 1.165) is 11.3 Å². The molecule has 5 N–H and O–H groups in total. The molecule has 0 radical (unpaired) electrons. The second kappa shape index (κ2) is 13.9. The summed E-state index contributed by atoms with van der Waals surface area (Å²) in [6.45, 7) is 11.2. The van der Waals surface area contributed by atoms with Gasteiger partial charge in [-0.05, 0) is 89.9 Å². The number of primary amides is 1. The van der Waals surface area contributed by atoms with Crippen molar-refractivity contribution in [2.45, 2.75) is 73.6 Å². The van der Waals surface area contributed by atoms with Gasteiger partial charge >= 0.3 is 5.97 Å². The number of carboxylic acid groups (broad SMARTS) is 1. The number of aromatic nitrogens is 8. The van der Waals surface area contributed by atoms with Crippen LogP contribution in [0.1, 0.15) is 85.3 Å². The van der Waals surface area contributed by atoms with E-state index < -0.39 is 11.9 Å². The number of nitrogens with one attached hydrogen (secondary N) is 2. The van der Waals surface area contributed by atoms with Crippen molar-refractivity contribution in [3.05, 3.63) is 81.9 Å². The number of anilines is 2. The molecule has 0 aliphatic carbocycles. The van der Waals surface area contributed by atoms with Crippen LogP contribution in [0.15, 0.2) is 42.5 Å². The summed E-state index contributed by atoms with van der Waals surface area (Å²) in [7, 11) is 0. The van der Waals surface area contributed by atoms with Crippen molar-refractivity contribution in [1.82, 2.24) is 38.7 Å². The van der Waals surface area contributed by atoms with Crippen molar-refractivity contribution >= 4 is 57.7 Å². The van der Waals surface area contributed by atoms with Gasteiger partial charge in [-0.1, -0.05) is 0 Å². The van der Waals surface area contributed by atoms with Crippen LogP contribution in [0.2, 0.25) is 0 Å². The lowest BCUT2D eigenvalue weighted by molar-refractivity contribution is 0.0696. The Kier molecular flexibility index (Phi) is 9.41. The fourth-order valence-corrected chi connectivity index (χ4v) is 6.21. The van der Waals surface area contributed by atoms with Gasteiger partial charge in [0.05, 0.1) is 39.0 Å². The van der Waals surface area contributed by atoms with Gasteiger partial charge in [0, 0.05) is 37.3 Å². The maximum Gasteiger partial charge on any atom is 0.335 e. The van der Waals surface area contributed by atoms with E-state index in [4.69, 9.17) is 5.73 Å². The summed E-state index contributed by atoms with van der Waals surface area (Å²) in [5.41, 5.74) is 11.2. The van der Waals surface area contributed by atoms with Crippen LogP contribution in [0.3, 0.4) is 0 Å². The molecule has 264 valence electrons. The maximum atomic E-state index is 13.6. The Labute approximate surface area is 292 Å². The molecule has 0 spiro atoms. The van der Waals surface area contributed by atoms with E-state index in [9.17, 15) is 24.3 Å². The first-order valence-corrected chi connectivity index (χ1v) is 16.6. The van der Waals surface area contributed by atoms with Crippen LogP contribution in [0.25, 0.3) is 22.1 Å². The van der Waals surface area contributed by atoms with Gasteiger partial charge in [-0.3, -0.25) is 34.4 Å². The van der Waals surface area contributed by atoms with Gasteiger partial charge in [-0.15, -0.1) is 0 Å². The minimum atomic E-state index is -1.08. The van der Waals surface area contributed by atoms with Crippen LogP contribution in [0.5, 0.6) is 0 Å². The summed E-state index contributed by atoms with van der Waals surface area (Å²) < 4.78 is 7.00. The van der Waals surface area contributed by atoms with Gasteiger partial charge in [0.2, 0.25) is 17.8 Å². The maximum absolute atomic E-state index is 13.6. The van der Waals surface area contributed by atoms with E-state index in [0.29, 0.717) is 89.7 Å². The van der Waals surface area contributed by atoms with E-state index in [-0.39, 0.29) is 23.3 Å². The topological polar surface area (TPSA) is 210 Å². The standard InChI is InChI=1S/C35H39N11O5/c1-6-45-28(16-19(3)41-45)31(48)39-34-37-24-17-22(30(36)47)10-12-26(24)43(34)14-8-9-15-44-27-13-11-23(33(50)51)18-25(27)38-35(44)40-32(49)29-20(4)21(5)42-46(29)7-2/h10-13,16-18H,6-9,14-15H2,1-5H3,(H2,36,47)(H,50,51)(H,37,39,48)(H,38,40,49). The van der Waals surface area contributed by atoms with Crippen LogP contribution in [-0.4, -0.2) is 67.5 Å². The molecule has 4 aromatic heterocycles. The van der Waals surface area contributed by atoms with Gasteiger partial charge in [0.25, 0.3) is 11.8 Å². The monoisotopic (exact) mass is 693 g/mol. The number of nitrogens with two attached hydrogens (primary N) is 1. The molecule has 0 aliphatic rings. The number of rotatable bonds is 13. The molecule has 6 rings (SSSR count). The Morgan fingerprint density at radius 2 is 1.29 bits per heavy atom. The first-order chi connectivity index (χ1) is 24.4. The molecule has 0 atom stereocenters. The Morgan fingerprint density at radius 3 is 1.84 bits per heavy atom. The van der Waals surface area contributed by atoms with Crippen LogP contribution < -0.4 is 16.4 Å². The highest BCUT2D eigenvalue weighted by Gasteiger charge is 2.23. The van der Waals surface area contributed by atoms with Crippen molar-refractivity contribution in [3.8, 4) is 0 Å². The molecule has 16 heteroatoms. The third-order valence-corrected chi connectivity index (χ3v) is 8.87. The molecular formula is C35H39N11O5. The first kappa shape index (κ1) is 34.5. The number of nitrogens with zero attached hydrogens (tertiary/aromatic N) is 8. The minimum absolute atomic E-state index is 0.0822. The summed E-state index contributed by atoms with van der Waals surface area (Å²) in [5.74, 6) is -1.83. The van der Waals surface area contributed by atoms with Crippen LogP contribution in [-0.2, 0) is 26.2 Å². The molecule has 51 heavy (non-hydrogen) atoms. The zero-order chi connectivity index (χ0) is 36.6. The molecule has 0 saturated heterocycles. The predicted octanol–water partition coefficient (Wildman–Crippen LogP) is 4.53. The zero-order valence-electron chi connectivity index (χ0n) is 29.0. The summed E-state index contributed by atoms with van der Waals surface area (Å²) in [6, 6.07) is 11.3. The highest BCUT2D eigenvalue weighted by molar-refractivity contribution is 6.05. The normalized spacial score (nSPS) is 11.4. The second-order valence-electron chi connectivity index (χ2n) is 12.2. The number of carbonyl (C=O) groups is 4. The molecule has 0 bridgehead atoms. The average molecular weight is 694 g/mol. The van der Waals surface area contributed by atoms with E-state index in [1.54, 1.807) is 39.7 Å². The van der Waals surface area contributed by atoms with Crippen molar-refractivity contribution in [2.75, 3.05) is 10.6 Å². The lowest BCUT2D eigenvalue weighted by Gasteiger charge is -2.13. The first-order valence-electron chi connectivity index (χ1n) is 16.6. The predicted molar refractivity (Wildman–Crippen MR) is 190 cm³/mol. The van der Waals surface area contributed by atoms with Crippen molar-refractivity contribution in [2.24, 2.45) is 5.73 Å². The highest BCUT2D eigenvalue weighted by atomic mass is 16.4. The Hall–Kier alpha value is -6.32. The molecule has 2 aromatic carbocycles. The zero-order valence-corrected chi connectivity index (χ0v) is 29.0. The lowest BCUT2D eigenvalue weighted by atomic mass is 10.2. The average Bonchev–Trinajstić information content (AvgIpc) is 3.83. The van der Waals surface area contributed by atoms with Crippen molar-refractivity contribution in [3.63, 3.8) is 0 Å². The number of aryl methyl sites for hydroxylation is 6. The van der Waals surface area contributed by atoms with E-state index >= 15 is 0 Å². The fourth-order valence-electron chi connectivity index (χ4n) is 6.21. The fraction of sp³-hybridized carbons (Fsp3) is 0.314. The summed E-state index contributed by atoms with van der Waals surface area (Å²) in [5, 5.41) is 24.3.